The van der Waals surface area contributed by atoms with Gasteiger partial charge < -0.3 is 4.57 Å². The van der Waals surface area contributed by atoms with E-state index in [0.717, 1.165) is 55.7 Å². The van der Waals surface area contributed by atoms with Gasteiger partial charge in [0.25, 0.3) is 0 Å². The number of para-hydroxylation sites is 1. The number of hydrogen-bond donors (Lipinski definition) is 0. The van der Waals surface area contributed by atoms with Gasteiger partial charge in [0.05, 0.1) is 23.5 Å². The zero-order valence-corrected chi connectivity index (χ0v) is 29.7. The molecular formula is C52H31N3. The molecular weight excluding hydrogens is 667 g/mol. The van der Waals surface area contributed by atoms with E-state index in [-0.39, 0.29) is 0 Å². The molecule has 55 heavy (non-hydrogen) atoms. The summed E-state index contributed by atoms with van der Waals surface area (Å²) in [5.74, 6) is 0. The molecule has 0 radical (unpaired) electrons. The molecule has 0 fully saturated rings. The van der Waals surface area contributed by atoms with Gasteiger partial charge in [0.1, 0.15) is 0 Å². The Bertz CT molecular complexity index is 3230. The Balaban J connectivity index is 0.960. The van der Waals surface area contributed by atoms with E-state index in [2.05, 4.69) is 173 Å². The molecule has 11 aromatic rings. The highest BCUT2D eigenvalue weighted by Crippen LogP contribution is 2.41. The zero-order chi connectivity index (χ0) is 36.5. The van der Waals surface area contributed by atoms with Crippen LogP contribution in [0.3, 0.4) is 0 Å². The molecule has 0 aliphatic carbocycles. The predicted molar refractivity (Wildman–Crippen MR) is 230 cm³/mol. The van der Waals surface area contributed by atoms with Crippen LogP contribution in [0.1, 0.15) is 0 Å². The third kappa shape index (κ3) is 5.08. The van der Waals surface area contributed by atoms with Crippen LogP contribution < -0.4 is 0 Å². The molecule has 0 aliphatic heterocycles. The van der Waals surface area contributed by atoms with Gasteiger partial charge in [0.15, 0.2) is 5.69 Å². The molecule has 0 saturated carbocycles. The number of hydrogen-bond acceptors (Lipinski definition) is 1. The first kappa shape index (κ1) is 31.0. The summed E-state index contributed by atoms with van der Waals surface area (Å²) >= 11 is 0. The third-order valence-electron chi connectivity index (χ3n) is 11.1. The highest BCUT2D eigenvalue weighted by molar-refractivity contribution is 6.24. The number of nitrogens with zero attached hydrogens (tertiary/aromatic N) is 3. The lowest BCUT2D eigenvalue weighted by Gasteiger charge is -2.15. The van der Waals surface area contributed by atoms with Crippen molar-refractivity contribution >= 4 is 59.8 Å². The molecule has 0 N–H and O–H groups in total. The fourth-order valence-corrected chi connectivity index (χ4v) is 8.48. The zero-order valence-electron chi connectivity index (χ0n) is 29.7. The van der Waals surface area contributed by atoms with Crippen molar-refractivity contribution < 1.29 is 0 Å². The van der Waals surface area contributed by atoms with Gasteiger partial charge in [-0.25, -0.2) is 9.83 Å². The monoisotopic (exact) mass is 697 g/mol. The molecule has 0 atom stereocenters. The van der Waals surface area contributed by atoms with Gasteiger partial charge >= 0.3 is 0 Å². The van der Waals surface area contributed by atoms with Crippen LogP contribution in [0, 0.1) is 6.57 Å². The normalized spacial score (nSPS) is 11.6. The molecule has 0 spiro atoms. The lowest BCUT2D eigenvalue weighted by molar-refractivity contribution is 1.18. The second-order valence-corrected chi connectivity index (χ2v) is 14.3. The van der Waals surface area contributed by atoms with Crippen LogP contribution in [0.15, 0.2) is 188 Å². The van der Waals surface area contributed by atoms with Crippen molar-refractivity contribution in [3.05, 3.63) is 199 Å². The van der Waals surface area contributed by atoms with Crippen LogP contribution in [0.5, 0.6) is 0 Å². The van der Waals surface area contributed by atoms with E-state index in [0.29, 0.717) is 5.69 Å². The minimum Gasteiger partial charge on any atom is -0.310 e. The Morgan fingerprint density at radius 1 is 0.382 bits per heavy atom. The average Bonchev–Trinajstić information content (AvgIpc) is 3.58. The summed E-state index contributed by atoms with van der Waals surface area (Å²) in [5, 5.41) is 9.86. The van der Waals surface area contributed by atoms with Gasteiger partial charge in [-0.15, -0.1) is 0 Å². The molecule has 0 bridgehead atoms. The second-order valence-electron chi connectivity index (χ2n) is 14.3. The van der Waals surface area contributed by atoms with Crippen LogP contribution in [-0.2, 0) is 0 Å². The molecule has 0 amide bonds. The standard InChI is InChI=1S/C52H31N3/c1-53-43-24-26-46-45-25-23-36(31-49(45)55(50(46)32-43)44-11-6-3-7-12-44)33-15-17-34(18-16-33)41-27-37-19-21-39-29-42(30-40-22-20-38(28-41)51(37)52(39)40)48-14-8-13-47(54-48)35-9-4-2-5-10-35/h2-32H. The first-order valence-electron chi connectivity index (χ1n) is 18.6. The molecule has 254 valence electrons. The second kappa shape index (κ2) is 12.3. The van der Waals surface area contributed by atoms with Crippen LogP contribution in [0.25, 0.3) is 109 Å². The largest absolute Gasteiger partial charge is 0.310 e. The maximum absolute atomic E-state index is 7.62. The Hall–Kier alpha value is -7.54. The van der Waals surface area contributed by atoms with Gasteiger partial charge in [-0.2, -0.15) is 0 Å². The number of fused-ring (bicyclic) bond motifs is 3. The Labute approximate surface area is 318 Å². The van der Waals surface area contributed by atoms with Gasteiger partial charge in [-0.3, -0.25) is 0 Å². The highest BCUT2D eigenvalue weighted by atomic mass is 15.0. The van der Waals surface area contributed by atoms with E-state index in [9.17, 15) is 0 Å². The van der Waals surface area contributed by atoms with Crippen molar-refractivity contribution in [1.82, 2.24) is 9.55 Å². The van der Waals surface area contributed by atoms with Crippen molar-refractivity contribution in [3.63, 3.8) is 0 Å². The molecule has 2 heterocycles. The van der Waals surface area contributed by atoms with E-state index >= 15 is 0 Å². The summed E-state index contributed by atoms with van der Waals surface area (Å²) in [6.07, 6.45) is 0. The summed E-state index contributed by atoms with van der Waals surface area (Å²) in [6.45, 7) is 7.62. The summed E-state index contributed by atoms with van der Waals surface area (Å²) in [4.78, 5) is 8.78. The van der Waals surface area contributed by atoms with Crippen molar-refractivity contribution in [2.75, 3.05) is 0 Å². The topological polar surface area (TPSA) is 22.2 Å². The summed E-state index contributed by atoms with van der Waals surface area (Å²) < 4.78 is 2.28. The van der Waals surface area contributed by atoms with E-state index in [1.54, 1.807) is 0 Å². The highest BCUT2D eigenvalue weighted by Gasteiger charge is 2.16. The van der Waals surface area contributed by atoms with Crippen LogP contribution in [0.2, 0.25) is 0 Å². The average molecular weight is 698 g/mol. The number of aromatic nitrogens is 2. The third-order valence-corrected chi connectivity index (χ3v) is 11.1. The van der Waals surface area contributed by atoms with Gasteiger partial charge in [-0.1, -0.05) is 127 Å². The SMILES string of the molecule is [C-]#[N+]c1ccc2c3ccc(-c4ccc(-c5cc6ccc7cc(-c8cccc(-c9ccccc9)n8)cc8ccc(c5)c6c78)cc4)cc3n(-c3ccccc3)c2c1. The van der Waals surface area contributed by atoms with Gasteiger partial charge in [0.2, 0.25) is 0 Å². The Morgan fingerprint density at radius 3 is 1.51 bits per heavy atom. The van der Waals surface area contributed by atoms with Crippen LogP contribution >= 0.6 is 0 Å². The first-order valence-corrected chi connectivity index (χ1v) is 18.6. The van der Waals surface area contributed by atoms with E-state index in [1.807, 2.05) is 24.3 Å². The summed E-state index contributed by atoms with van der Waals surface area (Å²) in [5.41, 5.74) is 12.8. The lowest BCUT2D eigenvalue weighted by atomic mass is 9.89. The molecule has 0 aliphatic rings. The predicted octanol–water partition coefficient (Wildman–Crippen LogP) is 14.3. The Morgan fingerprint density at radius 2 is 0.891 bits per heavy atom. The molecule has 11 rings (SSSR count). The quantitative estimate of drug-likeness (QED) is 0.130. The maximum Gasteiger partial charge on any atom is 0.189 e. The van der Waals surface area contributed by atoms with Crippen LogP contribution in [0.4, 0.5) is 5.69 Å². The number of benzene rings is 9. The number of rotatable bonds is 5. The first-order chi connectivity index (χ1) is 27.2. The maximum atomic E-state index is 7.62. The molecule has 0 saturated heterocycles. The summed E-state index contributed by atoms with van der Waals surface area (Å²) in [6, 6.07) is 67.0. The molecule has 3 nitrogen and oxygen atoms in total. The number of pyridine rings is 1. The minimum atomic E-state index is 0.641. The lowest BCUT2D eigenvalue weighted by Crippen LogP contribution is -1.93. The summed E-state index contributed by atoms with van der Waals surface area (Å²) in [7, 11) is 0. The molecule has 0 unspecified atom stereocenters. The van der Waals surface area contributed by atoms with E-state index in [1.165, 1.54) is 48.8 Å². The molecule has 9 aromatic carbocycles. The fraction of sp³-hybridized carbons (Fsp3) is 0. The fourth-order valence-electron chi connectivity index (χ4n) is 8.48. The van der Waals surface area contributed by atoms with Crippen LogP contribution in [-0.4, -0.2) is 9.55 Å². The van der Waals surface area contributed by atoms with Crippen molar-refractivity contribution in [2.45, 2.75) is 0 Å². The molecule has 3 heteroatoms. The van der Waals surface area contributed by atoms with Gasteiger partial charge in [0, 0.05) is 33.1 Å². The van der Waals surface area contributed by atoms with Gasteiger partial charge in [-0.05, 0) is 115 Å². The van der Waals surface area contributed by atoms with Crippen molar-refractivity contribution in [1.29, 1.82) is 0 Å². The Kier molecular flexibility index (Phi) is 6.92. The smallest absolute Gasteiger partial charge is 0.189 e. The minimum absolute atomic E-state index is 0.641. The van der Waals surface area contributed by atoms with E-state index in [4.69, 9.17) is 11.6 Å². The van der Waals surface area contributed by atoms with Crippen molar-refractivity contribution in [2.24, 2.45) is 0 Å². The van der Waals surface area contributed by atoms with Crippen molar-refractivity contribution in [3.8, 4) is 50.5 Å². The molecule has 2 aromatic heterocycles. The van der Waals surface area contributed by atoms with E-state index < -0.39 is 0 Å².